The fourth-order valence-electron chi connectivity index (χ4n) is 3.45. The molecule has 7 nitrogen and oxygen atoms in total. The molecule has 0 spiro atoms. The number of fused-ring (bicyclic) bond motifs is 1. The first-order chi connectivity index (χ1) is 13.9. The molecule has 2 saturated heterocycles. The van der Waals surface area contributed by atoms with Gasteiger partial charge in [0.05, 0.1) is 17.7 Å². The van der Waals surface area contributed by atoms with Gasteiger partial charge in [0.2, 0.25) is 6.29 Å². The van der Waals surface area contributed by atoms with E-state index in [9.17, 15) is 9.59 Å². The van der Waals surface area contributed by atoms with Crippen molar-refractivity contribution in [3.05, 3.63) is 71.8 Å². The highest BCUT2D eigenvalue weighted by atomic mass is 16.8. The SMILES string of the molecule is CC1(C)O[C@@H]2[C@@H](OC(=O)c3ccccc3)[C@@H](OC(=O)c3ccccc3)OC[C@@H]2O1. The summed E-state index contributed by atoms with van der Waals surface area (Å²) in [6.45, 7) is 3.69. The normalized spacial score (nSPS) is 27.7. The average molecular weight is 398 g/mol. The number of rotatable bonds is 4. The van der Waals surface area contributed by atoms with Gasteiger partial charge in [0, 0.05) is 0 Å². The standard InChI is InChI=1S/C22H22O7/c1-22(2)28-16-13-25-21(27-20(24)15-11-7-4-8-12-15)18(17(16)29-22)26-19(23)14-9-5-3-6-10-14/h3-12,16-18,21H,13H2,1-2H3/t16-,17-,18+,21+/m0/s1. The predicted molar refractivity (Wildman–Crippen MR) is 101 cm³/mol. The Kier molecular flexibility index (Phi) is 5.36. The summed E-state index contributed by atoms with van der Waals surface area (Å²) >= 11 is 0. The van der Waals surface area contributed by atoms with Crippen LogP contribution < -0.4 is 0 Å². The van der Waals surface area contributed by atoms with E-state index in [2.05, 4.69) is 0 Å². The third-order valence-electron chi connectivity index (χ3n) is 4.72. The molecule has 2 heterocycles. The van der Waals surface area contributed by atoms with Gasteiger partial charge in [-0.15, -0.1) is 0 Å². The van der Waals surface area contributed by atoms with E-state index in [4.69, 9.17) is 23.7 Å². The minimum absolute atomic E-state index is 0.153. The van der Waals surface area contributed by atoms with E-state index in [1.54, 1.807) is 74.5 Å². The van der Waals surface area contributed by atoms with Gasteiger partial charge in [0.1, 0.15) is 12.2 Å². The lowest BCUT2D eigenvalue weighted by molar-refractivity contribution is -0.230. The number of hydrogen-bond acceptors (Lipinski definition) is 7. The number of ether oxygens (including phenoxy) is 5. The lowest BCUT2D eigenvalue weighted by atomic mass is 10.0. The lowest BCUT2D eigenvalue weighted by Gasteiger charge is -2.36. The number of esters is 2. The fraction of sp³-hybridized carbons (Fsp3) is 0.364. The van der Waals surface area contributed by atoms with Crippen molar-refractivity contribution in [3.63, 3.8) is 0 Å². The van der Waals surface area contributed by atoms with Crippen LogP contribution in [0.5, 0.6) is 0 Å². The number of carbonyl (C=O) groups is 2. The predicted octanol–water partition coefficient (Wildman–Crippen LogP) is 2.95. The summed E-state index contributed by atoms with van der Waals surface area (Å²) in [6.07, 6.45) is -3.16. The summed E-state index contributed by atoms with van der Waals surface area (Å²) in [6, 6.07) is 17.1. The molecule has 0 amide bonds. The molecule has 0 N–H and O–H groups in total. The summed E-state index contributed by atoms with van der Waals surface area (Å²) in [4.78, 5) is 25.2. The lowest BCUT2D eigenvalue weighted by Crippen LogP contribution is -2.54. The maximum Gasteiger partial charge on any atom is 0.340 e. The zero-order valence-electron chi connectivity index (χ0n) is 16.1. The molecule has 29 heavy (non-hydrogen) atoms. The Hall–Kier alpha value is -2.74. The molecule has 2 aliphatic rings. The second-order valence-electron chi connectivity index (χ2n) is 7.35. The third kappa shape index (κ3) is 4.32. The zero-order chi connectivity index (χ0) is 20.4. The van der Waals surface area contributed by atoms with Crippen LogP contribution in [0.4, 0.5) is 0 Å². The van der Waals surface area contributed by atoms with Crippen molar-refractivity contribution < 1.29 is 33.3 Å². The monoisotopic (exact) mass is 398 g/mol. The maximum atomic E-state index is 12.6. The summed E-state index contributed by atoms with van der Waals surface area (Å²) in [5.74, 6) is -2.00. The first-order valence-electron chi connectivity index (χ1n) is 9.42. The molecular weight excluding hydrogens is 376 g/mol. The molecule has 152 valence electrons. The molecule has 2 aliphatic heterocycles. The summed E-state index contributed by atoms with van der Waals surface area (Å²) in [5, 5.41) is 0. The molecule has 0 aromatic heterocycles. The molecule has 0 unspecified atom stereocenters. The Morgan fingerprint density at radius 1 is 0.862 bits per heavy atom. The summed E-state index contributed by atoms with van der Waals surface area (Å²) < 4.78 is 28.7. The van der Waals surface area contributed by atoms with E-state index in [0.29, 0.717) is 11.1 Å². The van der Waals surface area contributed by atoms with Crippen molar-refractivity contribution in [1.29, 1.82) is 0 Å². The van der Waals surface area contributed by atoms with Gasteiger partial charge < -0.3 is 23.7 Å². The van der Waals surface area contributed by atoms with Gasteiger partial charge in [-0.25, -0.2) is 9.59 Å². The minimum atomic E-state index is -1.12. The van der Waals surface area contributed by atoms with E-state index in [-0.39, 0.29) is 6.61 Å². The van der Waals surface area contributed by atoms with Gasteiger partial charge in [-0.05, 0) is 38.1 Å². The third-order valence-corrected chi connectivity index (χ3v) is 4.72. The summed E-state index contributed by atoms with van der Waals surface area (Å²) in [7, 11) is 0. The van der Waals surface area contributed by atoms with Gasteiger partial charge in [0.15, 0.2) is 11.9 Å². The highest BCUT2D eigenvalue weighted by Gasteiger charge is 2.54. The highest BCUT2D eigenvalue weighted by Crippen LogP contribution is 2.36. The molecule has 0 aliphatic carbocycles. The Morgan fingerprint density at radius 3 is 2.00 bits per heavy atom. The smallest absolute Gasteiger partial charge is 0.340 e. The van der Waals surface area contributed by atoms with E-state index >= 15 is 0 Å². The topological polar surface area (TPSA) is 80.3 Å². The van der Waals surface area contributed by atoms with E-state index < -0.39 is 42.3 Å². The second kappa shape index (κ2) is 7.94. The Bertz CT molecular complexity index is 865. The van der Waals surface area contributed by atoms with Gasteiger partial charge in [0.25, 0.3) is 0 Å². The molecular formula is C22H22O7. The van der Waals surface area contributed by atoms with Gasteiger partial charge in [-0.2, -0.15) is 0 Å². The second-order valence-corrected chi connectivity index (χ2v) is 7.35. The van der Waals surface area contributed by atoms with Crippen molar-refractivity contribution in [1.82, 2.24) is 0 Å². The quantitative estimate of drug-likeness (QED) is 0.733. The Balaban J connectivity index is 1.55. The van der Waals surface area contributed by atoms with Crippen molar-refractivity contribution in [3.8, 4) is 0 Å². The minimum Gasteiger partial charge on any atom is -0.449 e. The fourth-order valence-corrected chi connectivity index (χ4v) is 3.45. The number of carbonyl (C=O) groups excluding carboxylic acids is 2. The van der Waals surface area contributed by atoms with Crippen molar-refractivity contribution in [2.24, 2.45) is 0 Å². The Labute approximate surface area is 168 Å². The van der Waals surface area contributed by atoms with E-state index in [0.717, 1.165) is 0 Å². The summed E-state index contributed by atoms with van der Waals surface area (Å²) in [5.41, 5.74) is 0.746. The molecule has 2 fully saturated rings. The van der Waals surface area contributed by atoms with Crippen LogP contribution >= 0.6 is 0 Å². The van der Waals surface area contributed by atoms with Crippen LogP contribution in [0.1, 0.15) is 34.6 Å². The molecule has 0 radical (unpaired) electrons. The van der Waals surface area contributed by atoms with Gasteiger partial charge in [-0.3, -0.25) is 0 Å². The van der Waals surface area contributed by atoms with Crippen LogP contribution in [0, 0.1) is 0 Å². The highest BCUT2D eigenvalue weighted by molar-refractivity contribution is 5.90. The molecule has 0 saturated carbocycles. The zero-order valence-corrected chi connectivity index (χ0v) is 16.1. The van der Waals surface area contributed by atoms with Crippen LogP contribution in [0.2, 0.25) is 0 Å². The van der Waals surface area contributed by atoms with E-state index in [1.807, 2.05) is 0 Å². The van der Waals surface area contributed by atoms with E-state index in [1.165, 1.54) is 0 Å². The van der Waals surface area contributed by atoms with Crippen LogP contribution in [0.25, 0.3) is 0 Å². The molecule has 4 atom stereocenters. The van der Waals surface area contributed by atoms with Gasteiger partial charge >= 0.3 is 11.9 Å². The molecule has 7 heteroatoms. The first-order valence-corrected chi connectivity index (χ1v) is 9.42. The van der Waals surface area contributed by atoms with Crippen LogP contribution in [-0.4, -0.2) is 48.9 Å². The van der Waals surface area contributed by atoms with Crippen molar-refractivity contribution in [2.45, 2.75) is 44.2 Å². The molecule has 2 aromatic carbocycles. The number of benzene rings is 2. The molecule has 2 aromatic rings. The molecule has 4 rings (SSSR count). The van der Waals surface area contributed by atoms with Crippen LogP contribution in [0.3, 0.4) is 0 Å². The Morgan fingerprint density at radius 2 is 1.41 bits per heavy atom. The largest absolute Gasteiger partial charge is 0.449 e. The van der Waals surface area contributed by atoms with Crippen molar-refractivity contribution in [2.75, 3.05) is 6.61 Å². The van der Waals surface area contributed by atoms with Crippen LogP contribution in [-0.2, 0) is 23.7 Å². The molecule has 0 bridgehead atoms. The maximum absolute atomic E-state index is 12.6. The average Bonchev–Trinajstić information content (AvgIpc) is 3.05. The first kappa shape index (κ1) is 19.6. The van der Waals surface area contributed by atoms with Crippen LogP contribution in [0.15, 0.2) is 60.7 Å². The van der Waals surface area contributed by atoms with Crippen molar-refractivity contribution >= 4 is 11.9 Å². The number of hydrogen-bond donors (Lipinski definition) is 0. The van der Waals surface area contributed by atoms with Gasteiger partial charge in [-0.1, -0.05) is 36.4 Å².